The van der Waals surface area contributed by atoms with E-state index in [0.717, 1.165) is 0 Å². The summed E-state index contributed by atoms with van der Waals surface area (Å²) in [4.78, 5) is 37.7. The van der Waals surface area contributed by atoms with Crippen LogP contribution in [0.15, 0.2) is 45.3 Å². The molecule has 7 heteroatoms. The quantitative estimate of drug-likeness (QED) is 0.707. The maximum Gasteiger partial charge on any atom is 0.332 e. The maximum absolute atomic E-state index is 12.7. The van der Waals surface area contributed by atoms with Gasteiger partial charge < -0.3 is 5.32 Å². The van der Waals surface area contributed by atoms with Crippen LogP contribution in [0.5, 0.6) is 0 Å². The van der Waals surface area contributed by atoms with Gasteiger partial charge in [-0.3, -0.25) is 18.7 Å². The molecule has 6 nitrogen and oxygen atoms in total. The van der Waals surface area contributed by atoms with Crippen LogP contribution in [0.3, 0.4) is 0 Å². The number of aromatic nitrogens is 2. The Balaban J connectivity index is 1.89. The Hall–Kier alpha value is -2.67. The lowest BCUT2D eigenvalue weighted by Crippen LogP contribution is -2.41. The van der Waals surface area contributed by atoms with Crippen LogP contribution < -0.4 is 16.6 Å². The first-order chi connectivity index (χ1) is 12.9. The standard InChI is InChI=1S/C20H23N3O3S/c1-4-10-22-19(25)18-16(9-11-27-18)23(20(22)26)12-17(24)21-15-7-5-14(6-8-15)13(2)3/h5-9,11,13H,4,10,12H2,1-3H3,(H,21,24). The minimum absolute atomic E-state index is 0.137. The third-order valence-electron chi connectivity index (χ3n) is 4.45. The summed E-state index contributed by atoms with van der Waals surface area (Å²) in [6.45, 7) is 6.32. The van der Waals surface area contributed by atoms with E-state index in [1.807, 2.05) is 31.2 Å². The number of carbonyl (C=O) groups excluding carboxylic acids is 1. The highest BCUT2D eigenvalue weighted by molar-refractivity contribution is 7.17. The van der Waals surface area contributed by atoms with Gasteiger partial charge >= 0.3 is 5.69 Å². The molecule has 142 valence electrons. The molecule has 0 radical (unpaired) electrons. The molecule has 0 saturated carbocycles. The Morgan fingerprint density at radius 2 is 1.81 bits per heavy atom. The van der Waals surface area contributed by atoms with Gasteiger partial charge in [-0.15, -0.1) is 11.3 Å². The third-order valence-corrected chi connectivity index (χ3v) is 5.34. The highest BCUT2D eigenvalue weighted by atomic mass is 32.1. The highest BCUT2D eigenvalue weighted by Crippen LogP contribution is 2.18. The van der Waals surface area contributed by atoms with Crippen LogP contribution in [0.1, 0.15) is 38.7 Å². The zero-order valence-electron chi connectivity index (χ0n) is 15.7. The molecule has 1 N–H and O–H groups in total. The number of amides is 1. The van der Waals surface area contributed by atoms with E-state index in [1.54, 1.807) is 11.4 Å². The molecule has 0 unspecified atom stereocenters. The van der Waals surface area contributed by atoms with E-state index in [0.29, 0.717) is 34.8 Å². The minimum atomic E-state index is -0.446. The first kappa shape index (κ1) is 19.1. The lowest BCUT2D eigenvalue weighted by molar-refractivity contribution is -0.116. The van der Waals surface area contributed by atoms with Crippen molar-refractivity contribution in [3.63, 3.8) is 0 Å². The minimum Gasteiger partial charge on any atom is -0.325 e. The number of anilines is 1. The van der Waals surface area contributed by atoms with Gasteiger partial charge in [0.15, 0.2) is 0 Å². The Kier molecular flexibility index (Phi) is 5.60. The predicted molar refractivity (Wildman–Crippen MR) is 110 cm³/mol. The Morgan fingerprint density at radius 3 is 2.44 bits per heavy atom. The fourth-order valence-corrected chi connectivity index (χ4v) is 3.85. The van der Waals surface area contributed by atoms with Gasteiger partial charge in [-0.1, -0.05) is 32.9 Å². The summed E-state index contributed by atoms with van der Waals surface area (Å²) in [7, 11) is 0. The van der Waals surface area contributed by atoms with Crippen LogP contribution in [0, 0.1) is 0 Å². The van der Waals surface area contributed by atoms with Gasteiger partial charge in [-0.05, 0) is 41.5 Å². The molecule has 0 bridgehead atoms. The zero-order valence-corrected chi connectivity index (χ0v) is 16.5. The van der Waals surface area contributed by atoms with E-state index in [4.69, 9.17) is 0 Å². The van der Waals surface area contributed by atoms with Crippen molar-refractivity contribution in [2.45, 2.75) is 46.2 Å². The normalized spacial score (nSPS) is 11.3. The van der Waals surface area contributed by atoms with Crippen molar-refractivity contribution < 1.29 is 4.79 Å². The van der Waals surface area contributed by atoms with Crippen LogP contribution in [0.4, 0.5) is 5.69 Å². The van der Waals surface area contributed by atoms with Crippen molar-refractivity contribution in [3.05, 3.63) is 62.1 Å². The predicted octanol–water partition coefficient (Wildman–Crippen LogP) is 3.40. The second-order valence-corrected chi connectivity index (χ2v) is 7.70. The number of hydrogen-bond donors (Lipinski definition) is 1. The van der Waals surface area contributed by atoms with Crippen molar-refractivity contribution in [2.24, 2.45) is 0 Å². The van der Waals surface area contributed by atoms with Crippen LogP contribution in [0.2, 0.25) is 0 Å². The Bertz CT molecular complexity index is 1070. The molecule has 2 aromatic heterocycles. The fraction of sp³-hybridized carbons (Fsp3) is 0.350. The van der Waals surface area contributed by atoms with E-state index in [-0.39, 0.29) is 18.0 Å². The molecule has 0 saturated heterocycles. The van der Waals surface area contributed by atoms with Gasteiger partial charge in [0.2, 0.25) is 5.91 Å². The van der Waals surface area contributed by atoms with Crippen LogP contribution in [0.25, 0.3) is 10.2 Å². The number of nitrogens with one attached hydrogen (secondary N) is 1. The smallest absolute Gasteiger partial charge is 0.325 e. The van der Waals surface area contributed by atoms with Crippen LogP contribution in [-0.4, -0.2) is 15.0 Å². The molecule has 27 heavy (non-hydrogen) atoms. The molecule has 3 aromatic rings. The third kappa shape index (κ3) is 3.88. The van der Waals surface area contributed by atoms with E-state index in [2.05, 4.69) is 19.2 Å². The maximum atomic E-state index is 12.7. The molecule has 1 amide bonds. The van der Waals surface area contributed by atoms with Gasteiger partial charge in [-0.2, -0.15) is 0 Å². The molecular weight excluding hydrogens is 362 g/mol. The number of hydrogen-bond acceptors (Lipinski definition) is 4. The fourth-order valence-electron chi connectivity index (χ4n) is 3.00. The summed E-state index contributed by atoms with van der Waals surface area (Å²) in [6.07, 6.45) is 0.667. The summed E-state index contributed by atoms with van der Waals surface area (Å²) < 4.78 is 3.08. The number of thiophene rings is 1. The van der Waals surface area contributed by atoms with Gasteiger partial charge in [0.25, 0.3) is 5.56 Å². The van der Waals surface area contributed by atoms with Crippen molar-refractivity contribution in [1.82, 2.24) is 9.13 Å². The summed E-state index contributed by atoms with van der Waals surface area (Å²) >= 11 is 1.29. The lowest BCUT2D eigenvalue weighted by atomic mass is 10.0. The molecule has 1 aromatic carbocycles. The van der Waals surface area contributed by atoms with E-state index in [9.17, 15) is 14.4 Å². The molecular formula is C20H23N3O3S. The second kappa shape index (κ2) is 7.92. The molecule has 0 spiro atoms. The van der Waals surface area contributed by atoms with Crippen molar-refractivity contribution >= 4 is 33.1 Å². The van der Waals surface area contributed by atoms with E-state index in [1.165, 1.54) is 26.0 Å². The summed E-state index contributed by atoms with van der Waals surface area (Å²) in [6, 6.07) is 9.38. The lowest BCUT2D eigenvalue weighted by Gasteiger charge is -2.12. The highest BCUT2D eigenvalue weighted by Gasteiger charge is 2.16. The van der Waals surface area contributed by atoms with Crippen molar-refractivity contribution in [1.29, 1.82) is 0 Å². The summed E-state index contributed by atoms with van der Waals surface area (Å²) in [5.41, 5.74) is 1.65. The number of rotatable bonds is 6. The monoisotopic (exact) mass is 385 g/mol. The van der Waals surface area contributed by atoms with Crippen LogP contribution >= 0.6 is 11.3 Å². The van der Waals surface area contributed by atoms with Gasteiger partial charge in [-0.25, -0.2) is 4.79 Å². The first-order valence-electron chi connectivity index (χ1n) is 9.03. The Labute approximate surface area is 161 Å². The molecule has 0 aliphatic carbocycles. The number of nitrogens with zero attached hydrogens (tertiary/aromatic N) is 2. The van der Waals surface area contributed by atoms with Crippen molar-refractivity contribution in [2.75, 3.05) is 5.32 Å². The van der Waals surface area contributed by atoms with E-state index < -0.39 is 5.69 Å². The SMILES string of the molecule is CCCn1c(=O)c2sccc2n(CC(=O)Nc2ccc(C(C)C)cc2)c1=O. The van der Waals surface area contributed by atoms with Crippen LogP contribution in [-0.2, 0) is 17.9 Å². The average molecular weight is 385 g/mol. The average Bonchev–Trinajstić information content (AvgIpc) is 3.12. The zero-order chi connectivity index (χ0) is 19.6. The molecule has 0 aliphatic rings. The summed E-state index contributed by atoms with van der Waals surface area (Å²) in [5, 5.41) is 4.59. The van der Waals surface area contributed by atoms with Gasteiger partial charge in [0.05, 0.1) is 5.52 Å². The molecule has 2 heterocycles. The molecule has 0 aliphatic heterocycles. The second-order valence-electron chi connectivity index (χ2n) is 6.79. The molecule has 3 rings (SSSR count). The van der Waals surface area contributed by atoms with Crippen molar-refractivity contribution in [3.8, 4) is 0 Å². The van der Waals surface area contributed by atoms with Gasteiger partial charge in [0.1, 0.15) is 11.2 Å². The first-order valence-corrected chi connectivity index (χ1v) is 9.91. The number of fused-ring (bicyclic) bond motifs is 1. The summed E-state index contributed by atoms with van der Waals surface area (Å²) in [5.74, 6) is 0.114. The van der Waals surface area contributed by atoms with E-state index >= 15 is 0 Å². The number of benzene rings is 1. The number of carbonyl (C=O) groups is 1. The Morgan fingerprint density at radius 1 is 1.11 bits per heavy atom. The van der Waals surface area contributed by atoms with Gasteiger partial charge in [0, 0.05) is 12.2 Å². The largest absolute Gasteiger partial charge is 0.332 e. The molecule has 0 atom stereocenters. The topological polar surface area (TPSA) is 73.1 Å². The molecule has 0 fully saturated rings.